The van der Waals surface area contributed by atoms with Crippen molar-refractivity contribution in [2.75, 3.05) is 45.7 Å². The fourth-order valence-corrected chi connectivity index (χ4v) is 5.82. The van der Waals surface area contributed by atoms with Crippen LogP contribution in [0.2, 0.25) is 0 Å². The number of carbonyl (C=O) groups excluding carboxylic acids is 1. The number of hydrogen-bond acceptors (Lipinski definition) is 4. The third-order valence-electron chi connectivity index (χ3n) is 8.17. The van der Waals surface area contributed by atoms with E-state index in [1.54, 1.807) is 0 Å². The predicted molar refractivity (Wildman–Crippen MR) is 157 cm³/mol. The molecule has 202 valence electrons. The van der Waals surface area contributed by atoms with Gasteiger partial charge in [0.05, 0.1) is 6.61 Å². The summed E-state index contributed by atoms with van der Waals surface area (Å²) in [6.45, 7) is 4.32. The molecule has 0 spiro atoms. The van der Waals surface area contributed by atoms with E-state index >= 15 is 0 Å². The Kier molecular flexibility index (Phi) is 8.33. The van der Waals surface area contributed by atoms with Crippen molar-refractivity contribution in [3.8, 4) is 11.8 Å². The van der Waals surface area contributed by atoms with Gasteiger partial charge in [0.15, 0.2) is 0 Å². The van der Waals surface area contributed by atoms with Crippen molar-refractivity contribution < 1.29 is 9.90 Å². The summed E-state index contributed by atoms with van der Waals surface area (Å²) >= 11 is 0. The molecule has 0 bridgehead atoms. The Bertz CT molecular complexity index is 1310. The number of urea groups is 1. The van der Waals surface area contributed by atoms with Gasteiger partial charge < -0.3 is 20.2 Å². The SMILES string of the molecule is Cc1ccc(NC(=O)N2CCC(N(C)C)CN3[C@H](CO)[C@H](c4ccc(C#Cc5ccccc5)cc4)[C@@H]3C2)cc1. The average Bonchev–Trinajstić information content (AvgIpc) is 2.93. The van der Waals surface area contributed by atoms with E-state index in [0.717, 1.165) is 35.3 Å². The number of amides is 2. The lowest BCUT2D eigenvalue weighted by Gasteiger charge is -2.58. The fraction of sp³-hybridized carbons (Fsp3) is 0.364. The number of aliphatic hydroxyl groups is 1. The second-order valence-corrected chi connectivity index (χ2v) is 10.9. The quantitative estimate of drug-likeness (QED) is 0.499. The first-order valence-electron chi connectivity index (χ1n) is 13.8. The number of nitrogens with one attached hydrogen (secondary N) is 1. The smallest absolute Gasteiger partial charge is 0.321 e. The van der Waals surface area contributed by atoms with Gasteiger partial charge in [-0.25, -0.2) is 4.79 Å². The van der Waals surface area contributed by atoms with Gasteiger partial charge >= 0.3 is 6.03 Å². The molecule has 4 atom stereocenters. The zero-order chi connectivity index (χ0) is 27.4. The second kappa shape index (κ2) is 12.0. The van der Waals surface area contributed by atoms with Gasteiger partial charge in [0.2, 0.25) is 0 Å². The summed E-state index contributed by atoms with van der Waals surface area (Å²) in [6, 6.07) is 26.7. The number of aliphatic hydroxyl groups excluding tert-OH is 1. The Balaban J connectivity index is 1.36. The molecule has 0 aliphatic carbocycles. The van der Waals surface area contributed by atoms with E-state index in [1.165, 1.54) is 5.56 Å². The molecular weight excluding hydrogens is 484 g/mol. The molecule has 1 unspecified atom stereocenters. The van der Waals surface area contributed by atoms with Crippen molar-refractivity contribution >= 4 is 11.7 Å². The molecule has 2 aliphatic rings. The van der Waals surface area contributed by atoms with Crippen LogP contribution in [0.3, 0.4) is 0 Å². The van der Waals surface area contributed by atoms with Gasteiger partial charge in [0, 0.05) is 60.5 Å². The van der Waals surface area contributed by atoms with Gasteiger partial charge in [-0.05, 0) is 69.4 Å². The van der Waals surface area contributed by atoms with Crippen LogP contribution in [0.5, 0.6) is 0 Å². The van der Waals surface area contributed by atoms with Gasteiger partial charge in [0.25, 0.3) is 0 Å². The molecule has 0 aromatic heterocycles. The number of fused-ring (bicyclic) bond motifs is 1. The topological polar surface area (TPSA) is 59.1 Å². The minimum Gasteiger partial charge on any atom is -0.395 e. The van der Waals surface area contributed by atoms with Gasteiger partial charge in [-0.3, -0.25) is 4.90 Å². The van der Waals surface area contributed by atoms with E-state index in [2.05, 4.69) is 65.3 Å². The van der Waals surface area contributed by atoms with Gasteiger partial charge in [-0.1, -0.05) is 59.9 Å². The maximum atomic E-state index is 13.4. The van der Waals surface area contributed by atoms with Crippen LogP contribution in [-0.4, -0.2) is 84.3 Å². The zero-order valence-corrected chi connectivity index (χ0v) is 23.0. The van der Waals surface area contributed by atoms with Crippen LogP contribution in [-0.2, 0) is 0 Å². The molecule has 2 aliphatic heterocycles. The van der Waals surface area contributed by atoms with E-state index in [0.29, 0.717) is 19.1 Å². The molecule has 2 saturated heterocycles. The maximum Gasteiger partial charge on any atom is 0.321 e. The average molecular weight is 523 g/mol. The summed E-state index contributed by atoms with van der Waals surface area (Å²) in [6.07, 6.45) is 0.884. The summed E-state index contributed by atoms with van der Waals surface area (Å²) in [7, 11) is 4.19. The Morgan fingerprint density at radius 1 is 0.949 bits per heavy atom. The standard InChI is InChI=1S/C33H38N4O2/c1-24-9-17-28(18-10-24)34-33(39)36-20-19-29(35(2)3)21-37-30(22-36)32(31(37)23-38)27-15-13-26(14-16-27)12-11-25-7-5-4-6-8-25/h4-10,13-18,29-32,38H,19-23H2,1-3H3,(H,34,39)/t29?,30-,31+,32+/m0/s1. The summed E-state index contributed by atoms with van der Waals surface area (Å²) in [5, 5.41) is 13.5. The number of carbonyl (C=O) groups is 1. The number of likely N-dealkylation sites (N-methyl/N-ethyl adjacent to an activating group) is 1. The van der Waals surface area contributed by atoms with Crippen LogP contribution in [0.25, 0.3) is 0 Å². The molecule has 6 heteroatoms. The summed E-state index contributed by atoms with van der Waals surface area (Å²) in [5.41, 5.74) is 5.10. The highest BCUT2D eigenvalue weighted by atomic mass is 16.3. The van der Waals surface area contributed by atoms with E-state index in [1.807, 2.05) is 66.4 Å². The third-order valence-corrected chi connectivity index (χ3v) is 8.17. The van der Waals surface area contributed by atoms with Crippen molar-refractivity contribution in [3.63, 3.8) is 0 Å². The van der Waals surface area contributed by atoms with E-state index < -0.39 is 0 Å². The normalized spacial score (nSPS) is 23.1. The van der Waals surface area contributed by atoms with E-state index in [4.69, 9.17) is 0 Å². The molecule has 2 fully saturated rings. The molecule has 0 saturated carbocycles. The summed E-state index contributed by atoms with van der Waals surface area (Å²) < 4.78 is 0. The predicted octanol–water partition coefficient (Wildman–Crippen LogP) is 4.39. The van der Waals surface area contributed by atoms with Gasteiger partial charge in [0.1, 0.15) is 0 Å². The van der Waals surface area contributed by atoms with Crippen LogP contribution in [0.15, 0.2) is 78.9 Å². The second-order valence-electron chi connectivity index (χ2n) is 10.9. The monoisotopic (exact) mass is 522 g/mol. The van der Waals surface area contributed by atoms with E-state index in [-0.39, 0.29) is 30.6 Å². The number of rotatable bonds is 4. The zero-order valence-electron chi connectivity index (χ0n) is 23.0. The van der Waals surface area contributed by atoms with Crippen molar-refractivity contribution in [3.05, 3.63) is 101 Å². The summed E-state index contributed by atoms with van der Waals surface area (Å²) in [4.78, 5) is 20.0. The maximum absolute atomic E-state index is 13.4. The van der Waals surface area contributed by atoms with Crippen LogP contribution in [0.1, 0.15) is 34.6 Å². The number of nitrogens with zero attached hydrogens (tertiary/aromatic N) is 3. The highest BCUT2D eigenvalue weighted by Crippen LogP contribution is 2.42. The first kappa shape index (κ1) is 27.0. The molecule has 2 amide bonds. The number of hydrogen-bond donors (Lipinski definition) is 2. The van der Waals surface area contributed by atoms with Crippen LogP contribution in [0, 0.1) is 18.8 Å². The number of anilines is 1. The van der Waals surface area contributed by atoms with Crippen molar-refractivity contribution in [1.29, 1.82) is 0 Å². The van der Waals surface area contributed by atoms with Crippen molar-refractivity contribution in [2.45, 2.75) is 37.4 Å². The lowest BCUT2D eigenvalue weighted by atomic mass is 9.74. The Hall–Kier alpha value is -3.63. The highest BCUT2D eigenvalue weighted by Gasteiger charge is 2.50. The minimum atomic E-state index is -0.0732. The molecule has 6 nitrogen and oxygen atoms in total. The molecule has 2 N–H and O–H groups in total. The van der Waals surface area contributed by atoms with Crippen LogP contribution >= 0.6 is 0 Å². The van der Waals surface area contributed by atoms with Crippen molar-refractivity contribution in [1.82, 2.24) is 14.7 Å². The van der Waals surface area contributed by atoms with E-state index in [9.17, 15) is 9.90 Å². The Labute approximate surface area is 232 Å². The molecule has 5 rings (SSSR count). The number of aryl methyl sites for hydroxylation is 1. The first-order chi connectivity index (χ1) is 18.9. The molecule has 3 aromatic rings. The summed E-state index contributed by atoms with van der Waals surface area (Å²) in [5.74, 6) is 6.61. The Morgan fingerprint density at radius 2 is 1.62 bits per heavy atom. The minimum absolute atomic E-state index is 0.0267. The third kappa shape index (κ3) is 6.17. The molecule has 0 radical (unpaired) electrons. The fourth-order valence-electron chi connectivity index (χ4n) is 5.82. The van der Waals surface area contributed by atoms with Crippen molar-refractivity contribution in [2.24, 2.45) is 0 Å². The molecule has 3 aromatic carbocycles. The lowest BCUT2D eigenvalue weighted by Crippen LogP contribution is -2.70. The number of benzene rings is 3. The molecule has 39 heavy (non-hydrogen) atoms. The lowest BCUT2D eigenvalue weighted by molar-refractivity contribution is -0.0723. The van der Waals surface area contributed by atoms with Crippen LogP contribution in [0.4, 0.5) is 10.5 Å². The highest BCUT2D eigenvalue weighted by molar-refractivity contribution is 5.89. The van der Waals surface area contributed by atoms with Crippen LogP contribution < -0.4 is 5.32 Å². The molecule has 2 heterocycles. The Morgan fingerprint density at radius 3 is 2.26 bits per heavy atom. The van der Waals surface area contributed by atoms with Gasteiger partial charge in [-0.2, -0.15) is 0 Å². The van der Waals surface area contributed by atoms with Gasteiger partial charge in [-0.15, -0.1) is 0 Å². The molecular formula is C33H38N4O2. The largest absolute Gasteiger partial charge is 0.395 e. The first-order valence-corrected chi connectivity index (χ1v) is 13.8.